The van der Waals surface area contributed by atoms with Crippen molar-refractivity contribution in [1.82, 2.24) is 5.32 Å². The second-order valence-electron chi connectivity index (χ2n) is 5.82. The lowest BCUT2D eigenvalue weighted by atomic mass is 10.2. The molecule has 140 valence electrons. The molecule has 0 spiro atoms. The number of sulfonamides is 1. The minimum Gasteiger partial charge on any atom is -0.454 e. The Morgan fingerprint density at radius 3 is 2.56 bits per heavy atom. The van der Waals surface area contributed by atoms with Crippen molar-refractivity contribution in [2.75, 3.05) is 30.4 Å². The third kappa shape index (κ3) is 4.30. The van der Waals surface area contributed by atoms with E-state index in [1.807, 2.05) is 6.07 Å². The molecule has 0 aliphatic carbocycles. The lowest BCUT2D eigenvalue weighted by molar-refractivity contribution is 0.0954. The predicted octanol–water partition coefficient (Wildman–Crippen LogP) is 1.48. The summed E-state index contributed by atoms with van der Waals surface area (Å²) in [6.45, 7) is 0.287. The van der Waals surface area contributed by atoms with Gasteiger partial charge in [0.05, 0.1) is 30.1 Å². The van der Waals surface area contributed by atoms with Gasteiger partial charge in [0.15, 0.2) is 11.5 Å². The SMILES string of the molecule is CS(=O)(=O)N(CCNC(=O)c1ccc2c(c1)OCO2)c1ccc(C#N)cc1. The van der Waals surface area contributed by atoms with Crippen molar-refractivity contribution in [2.45, 2.75) is 0 Å². The molecule has 9 heteroatoms. The van der Waals surface area contributed by atoms with Gasteiger partial charge in [-0.3, -0.25) is 9.10 Å². The van der Waals surface area contributed by atoms with Crippen LogP contribution >= 0.6 is 0 Å². The number of anilines is 1. The summed E-state index contributed by atoms with van der Waals surface area (Å²) in [5.74, 6) is 0.732. The average molecular weight is 387 g/mol. The molecule has 1 N–H and O–H groups in total. The molecule has 0 aromatic heterocycles. The maximum Gasteiger partial charge on any atom is 0.251 e. The standard InChI is InChI=1S/C18H17N3O5S/c1-27(23,24)21(15-5-2-13(11-19)3-6-15)9-8-20-18(22)14-4-7-16-17(10-14)26-12-25-16/h2-7,10H,8-9,12H2,1H3,(H,20,22). The second-order valence-corrected chi connectivity index (χ2v) is 7.72. The molecule has 1 aliphatic heterocycles. The Bertz CT molecular complexity index is 997. The largest absolute Gasteiger partial charge is 0.454 e. The molecule has 0 saturated carbocycles. The number of carbonyl (C=O) groups is 1. The highest BCUT2D eigenvalue weighted by Crippen LogP contribution is 2.32. The van der Waals surface area contributed by atoms with Gasteiger partial charge in [0.1, 0.15) is 0 Å². The molecule has 0 fully saturated rings. The third-order valence-corrected chi connectivity index (χ3v) is 5.11. The number of benzene rings is 2. The Hall–Kier alpha value is -3.25. The van der Waals surface area contributed by atoms with Crippen molar-refractivity contribution < 1.29 is 22.7 Å². The summed E-state index contributed by atoms with van der Waals surface area (Å²) in [6, 6.07) is 13.0. The first-order valence-corrected chi connectivity index (χ1v) is 9.89. The minimum atomic E-state index is -3.55. The number of nitriles is 1. The topological polar surface area (TPSA) is 109 Å². The van der Waals surface area contributed by atoms with Crippen LogP contribution in [-0.4, -0.2) is 40.5 Å². The molecule has 2 aromatic rings. The molecule has 0 saturated heterocycles. The van der Waals surface area contributed by atoms with Crippen molar-refractivity contribution in [3.8, 4) is 17.6 Å². The molecule has 8 nitrogen and oxygen atoms in total. The molecule has 2 aromatic carbocycles. The highest BCUT2D eigenvalue weighted by molar-refractivity contribution is 7.92. The van der Waals surface area contributed by atoms with Crippen LogP contribution in [0.2, 0.25) is 0 Å². The van der Waals surface area contributed by atoms with E-state index in [9.17, 15) is 13.2 Å². The van der Waals surface area contributed by atoms with Gasteiger partial charge >= 0.3 is 0 Å². The summed E-state index contributed by atoms with van der Waals surface area (Å²) in [5, 5.41) is 11.5. The summed E-state index contributed by atoms with van der Waals surface area (Å²) in [5.41, 5.74) is 1.25. The van der Waals surface area contributed by atoms with Crippen molar-refractivity contribution in [3.63, 3.8) is 0 Å². The number of hydrogen-bond acceptors (Lipinski definition) is 6. The van der Waals surface area contributed by atoms with E-state index < -0.39 is 10.0 Å². The molecule has 0 radical (unpaired) electrons. The Morgan fingerprint density at radius 1 is 1.19 bits per heavy atom. The van der Waals surface area contributed by atoms with Crippen molar-refractivity contribution in [1.29, 1.82) is 5.26 Å². The molecular formula is C18H17N3O5S. The van der Waals surface area contributed by atoms with Crippen molar-refractivity contribution >= 4 is 21.6 Å². The van der Waals surface area contributed by atoms with Gasteiger partial charge in [-0.25, -0.2) is 8.42 Å². The third-order valence-electron chi connectivity index (χ3n) is 3.92. The minimum absolute atomic E-state index is 0.0566. The lowest BCUT2D eigenvalue weighted by Gasteiger charge is -2.22. The number of fused-ring (bicyclic) bond motifs is 1. The Labute approximate surface area is 157 Å². The fourth-order valence-corrected chi connectivity index (χ4v) is 3.53. The summed E-state index contributed by atoms with van der Waals surface area (Å²) >= 11 is 0. The summed E-state index contributed by atoms with van der Waals surface area (Å²) in [4.78, 5) is 12.3. The van der Waals surface area contributed by atoms with Gasteiger partial charge in [-0.05, 0) is 42.5 Å². The Morgan fingerprint density at radius 2 is 1.89 bits per heavy atom. The van der Waals surface area contributed by atoms with Crippen LogP contribution in [-0.2, 0) is 10.0 Å². The van der Waals surface area contributed by atoms with Crippen LogP contribution in [0.1, 0.15) is 15.9 Å². The lowest BCUT2D eigenvalue weighted by Crippen LogP contribution is -2.38. The molecule has 1 aliphatic rings. The first-order valence-electron chi connectivity index (χ1n) is 8.04. The zero-order chi connectivity index (χ0) is 19.4. The van der Waals surface area contributed by atoms with E-state index in [-0.39, 0.29) is 25.8 Å². The zero-order valence-corrected chi connectivity index (χ0v) is 15.3. The number of amides is 1. The van der Waals surface area contributed by atoms with E-state index >= 15 is 0 Å². The van der Waals surface area contributed by atoms with Crippen LogP contribution in [0.15, 0.2) is 42.5 Å². The molecule has 1 heterocycles. The van der Waals surface area contributed by atoms with E-state index in [0.29, 0.717) is 28.3 Å². The van der Waals surface area contributed by atoms with E-state index in [0.717, 1.165) is 6.26 Å². The van der Waals surface area contributed by atoms with Crippen molar-refractivity contribution in [3.05, 3.63) is 53.6 Å². The first kappa shape index (κ1) is 18.5. The number of hydrogen-bond donors (Lipinski definition) is 1. The predicted molar refractivity (Wildman–Crippen MR) is 98.2 cm³/mol. The maximum atomic E-state index is 12.3. The summed E-state index contributed by atoms with van der Waals surface area (Å²) in [6.07, 6.45) is 1.09. The first-order chi connectivity index (χ1) is 12.9. The number of ether oxygens (including phenoxy) is 2. The van der Waals surface area contributed by atoms with E-state index in [2.05, 4.69) is 5.32 Å². The quantitative estimate of drug-likeness (QED) is 0.804. The Kier molecular flexibility index (Phi) is 5.19. The monoisotopic (exact) mass is 387 g/mol. The molecule has 1 amide bonds. The normalized spacial score (nSPS) is 12.3. The zero-order valence-electron chi connectivity index (χ0n) is 14.5. The molecule has 0 unspecified atom stereocenters. The summed E-state index contributed by atoms with van der Waals surface area (Å²) < 4.78 is 35.8. The molecule has 0 atom stereocenters. The van der Waals surface area contributed by atoms with Crippen molar-refractivity contribution in [2.24, 2.45) is 0 Å². The van der Waals surface area contributed by atoms with E-state index in [4.69, 9.17) is 14.7 Å². The van der Waals surface area contributed by atoms with E-state index in [1.165, 1.54) is 4.31 Å². The highest BCUT2D eigenvalue weighted by atomic mass is 32.2. The number of rotatable bonds is 6. The average Bonchev–Trinajstić information content (AvgIpc) is 3.12. The number of nitrogens with one attached hydrogen (secondary N) is 1. The molecule has 0 bridgehead atoms. The van der Waals surface area contributed by atoms with Crippen LogP contribution in [0, 0.1) is 11.3 Å². The fourth-order valence-electron chi connectivity index (χ4n) is 2.60. The maximum absolute atomic E-state index is 12.3. The van der Waals surface area contributed by atoms with Crippen LogP contribution in [0.3, 0.4) is 0 Å². The molecule has 27 heavy (non-hydrogen) atoms. The Balaban J connectivity index is 1.65. The second kappa shape index (κ2) is 7.55. The van der Waals surface area contributed by atoms with Gasteiger partial charge in [-0.1, -0.05) is 0 Å². The van der Waals surface area contributed by atoms with Gasteiger partial charge in [-0.2, -0.15) is 5.26 Å². The van der Waals surface area contributed by atoms with Crippen LogP contribution < -0.4 is 19.1 Å². The fraction of sp³-hybridized carbons (Fsp3) is 0.222. The highest BCUT2D eigenvalue weighted by Gasteiger charge is 2.19. The van der Waals surface area contributed by atoms with Crippen LogP contribution in [0.4, 0.5) is 5.69 Å². The van der Waals surface area contributed by atoms with Gasteiger partial charge in [0, 0.05) is 12.1 Å². The van der Waals surface area contributed by atoms with Gasteiger partial charge in [0.25, 0.3) is 5.91 Å². The van der Waals surface area contributed by atoms with Gasteiger partial charge in [0.2, 0.25) is 16.8 Å². The summed E-state index contributed by atoms with van der Waals surface area (Å²) in [7, 11) is -3.55. The van der Waals surface area contributed by atoms with Gasteiger partial charge in [-0.15, -0.1) is 0 Å². The number of carbonyl (C=O) groups excluding carboxylic acids is 1. The van der Waals surface area contributed by atoms with Crippen LogP contribution in [0.5, 0.6) is 11.5 Å². The van der Waals surface area contributed by atoms with Gasteiger partial charge < -0.3 is 14.8 Å². The molecular weight excluding hydrogens is 370 g/mol. The van der Waals surface area contributed by atoms with E-state index in [1.54, 1.807) is 42.5 Å². The van der Waals surface area contributed by atoms with Crippen LogP contribution in [0.25, 0.3) is 0 Å². The number of nitrogens with zero attached hydrogens (tertiary/aromatic N) is 2. The smallest absolute Gasteiger partial charge is 0.251 e. The molecule has 3 rings (SSSR count).